The maximum atomic E-state index is 12.9. The van der Waals surface area contributed by atoms with Crippen LogP contribution in [0.2, 0.25) is 0 Å². The van der Waals surface area contributed by atoms with E-state index in [-0.39, 0.29) is 5.91 Å². The number of para-hydroxylation sites is 2. The van der Waals surface area contributed by atoms with Crippen molar-refractivity contribution in [3.8, 4) is 0 Å². The van der Waals surface area contributed by atoms with Gasteiger partial charge in [0.2, 0.25) is 15.9 Å². The molecule has 26 heavy (non-hydrogen) atoms. The van der Waals surface area contributed by atoms with E-state index in [0.29, 0.717) is 17.8 Å². The molecule has 2 aromatic rings. The molecule has 0 aliphatic heterocycles. The van der Waals surface area contributed by atoms with Crippen LogP contribution >= 0.6 is 11.8 Å². The standard InChI is InChI=1S/C19H24N2O3S2/c1-4-17(21(26(3,23)24)15-11-7-6-8-12-15)19(22)20-16-13-9-10-14-18(16)25-5-2/h6-14,17H,4-5H2,1-3H3,(H,20,22)/t17-/m1/s1. The van der Waals surface area contributed by atoms with Crippen LogP contribution in [-0.2, 0) is 14.8 Å². The van der Waals surface area contributed by atoms with Crippen molar-refractivity contribution < 1.29 is 13.2 Å². The van der Waals surface area contributed by atoms with Gasteiger partial charge in [-0.25, -0.2) is 8.42 Å². The van der Waals surface area contributed by atoms with Crippen molar-refractivity contribution >= 4 is 39.1 Å². The summed E-state index contributed by atoms with van der Waals surface area (Å²) in [6, 6.07) is 15.4. The zero-order chi connectivity index (χ0) is 19.2. The first kappa shape index (κ1) is 20.3. The molecular formula is C19H24N2O3S2. The molecule has 0 unspecified atom stereocenters. The molecule has 0 aliphatic carbocycles. The lowest BCUT2D eigenvalue weighted by Gasteiger charge is -2.30. The van der Waals surface area contributed by atoms with Crippen LogP contribution in [0, 0.1) is 0 Å². The van der Waals surface area contributed by atoms with Crippen LogP contribution in [0.25, 0.3) is 0 Å². The number of hydrogen-bond acceptors (Lipinski definition) is 4. The Kier molecular flexibility index (Phi) is 7.11. The van der Waals surface area contributed by atoms with Crippen LogP contribution in [0.5, 0.6) is 0 Å². The van der Waals surface area contributed by atoms with Gasteiger partial charge in [-0.1, -0.05) is 44.2 Å². The predicted molar refractivity (Wildman–Crippen MR) is 109 cm³/mol. The first-order chi connectivity index (χ1) is 12.4. The van der Waals surface area contributed by atoms with E-state index in [1.807, 2.05) is 37.3 Å². The molecule has 0 saturated carbocycles. The molecule has 0 fully saturated rings. The van der Waals surface area contributed by atoms with Crippen molar-refractivity contribution in [2.75, 3.05) is 21.6 Å². The Labute approximate surface area is 159 Å². The molecule has 7 heteroatoms. The highest BCUT2D eigenvalue weighted by atomic mass is 32.2. The minimum atomic E-state index is -3.62. The van der Waals surface area contributed by atoms with E-state index in [4.69, 9.17) is 0 Å². The SMILES string of the molecule is CCSc1ccccc1NC(=O)[C@@H](CC)N(c1ccccc1)S(C)(=O)=O. The third kappa shape index (κ3) is 5.02. The number of sulfonamides is 1. The molecule has 2 aromatic carbocycles. The second kappa shape index (κ2) is 9.09. The van der Waals surface area contributed by atoms with E-state index >= 15 is 0 Å². The van der Waals surface area contributed by atoms with Crippen molar-refractivity contribution in [3.05, 3.63) is 54.6 Å². The summed E-state index contributed by atoms with van der Waals surface area (Å²) in [5, 5.41) is 2.90. The number of benzene rings is 2. The number of carbonyl (C=O) groups excluding carboxylic acids is 1. The van der Waals surface area contributed by atoms with Crippen LogP contribution in [-0.4, -0.2) is 32.4 Å². The van der Waals surface area contributed by atoms with Crippen LogP contribution in [0.3, 0.4) is 0 Å². The smallest absolute Gasteiger partial charge is 0.248 e. The Morgan fingerprint density at radius 1 is 1.08 bits per heavy atom. The summed E-state index contributed by atoms with van der Waals surface area (Å²) in [4.78, 5) is 13.9. The van der Waals surface area contributed by atoms with Gasteiger partial charge < -0.3 is 5.32 Å². The highest BCUT2D eigenvalue weighted by Crippen LogP contribution is 2.28. The molecule has 0 aliphatic rings. The lowest BCUT2D eigenvalue weighted by molar-refractivity contribution is -0.117. The molecule has 1 amide bonds. The Bertz CT molecular complexity index is 839. The second-order valence-corrected chi connectivity index (χ2v) is 8.90. The summed E-state index contributed by atoms with van der Waals surface area (Å²) < 4.78 is 26.0. The summed E-state index contributed by atoms with van der Waals surface area (Å²) in [5.74, 6) is 0.537. The molecule has 0 radical (unpaired) electrons. The monoisotopic (exact) mass is 392 g/mol. The van der Waals surface area contributed by atoms with Crippen molar-refractivity contribution in [2.24, 2.45) is 0 Å². The first-order valence-electron chi connectivity index (χ1n) is 8.45. The zero-order valence-electron chi connectivity index (χ0n) is 15.2. The highest BCUT2D eigenvalue weighted by Gasteiger charge is 2.31. The average molecular weight is 393 g/mol. The maximum Gasteiger partial charge on any atom is 0.248 e. The van der Waals surface area contributed by atoms with Crippen molar-refractivity contribution in [1.29, 1.82) is 0 Å². The molecule has 1 atom stereocenters. The minimum Gasteiger partial charge on any atom is -0.323 e. The van der Waals surface area contributed by atoms with Gasteiger partial charge in [0.15, 0.2) is 0 Å². The highest BCUT2D eigenvalue weighted by molar-refractivity contribution is 7.99. The van der Waals surface area contributed by atoms with Gasteiger partial charge in [-0.05, 0) is 36.4 Å². The lowest BCUT2D eigenvalue weighted by Crippen LogP contribution is -2.47. The van der Waals surface area contributed by atoms with Crippen LogP contribution in [0.1, 0.15) is 20.3 Å². The van der Waals surface area contributed by atoms with Crippen molar-refractivity contribution in [2.45, 2.75) is 31.2 Å². The summed E-state index contributed by atoms with van der Waals surface area (Å²) >= 11 is 1.63. The lowest BCUT2D eigenvalue weighted by atomic mass is 10.2. The molecule has 0 aromatic heterocycles. The van der Waals surface area contributed by atoms with Gasteiger partial charge in [-0.15, -0.1) is 11.8 Å². The minimum absolute atomic E-state index is 0.342. The zero-order valence-corrected chi connectivity index (χ0v) is 16.8. The van der Waals surface area contributed by atoms with Gasteiger partial charge in [-0.2, -0.15) is 0 Å². The fourth-order valence-corrected chi connectivity index (χ4v) is 4.67. The Hall–Kier alpha value is -1.99. The summed E-state index contributed by atoms with van der Waals surface area (Å²) in [6.45, 7) is 3.84. The number of anilines is 2. The predicted octanol–water partition coefficient (Wildman–Crippen LogP) is 3.98. The van der Waals surface area contributed by atoms with Gasteiger partial charge >= 0.3 is 0 Å². The Morgan fingerprint density at radius 3 is 2.27 bits per heavy atom. The molecule has 0 bridgehead atoms. The number of rotatable bonds is 8. The maximum absolute atomic E-state index is 12.9. The van der Waals surface area contributed by atoms with Crippen LogP contribution in [0.15, 0.2) is 59.5 Å². The largest absolute Gasteiger partial charge is 0.323 e. The molecule has 0 saturated heterocycles. The quantitative estimate of drug-likeness (QED) is 0.690. The molecule has 0 spiro atoms. The van der Waals surface area contributed by atoms with Gasteiger partial charge in [-0.3, -0.25) is 9.10 Å². The van der Waals surface area contributed by atoms with Gasteiger partial charge in [0.05, 0.1) is 17.6 Å². The van der Waals surface area contributed by atoms with E-state index in [1.165, 1.54) is 4.31 Å². The molecular weight excluding hydrogens is 368 g/mol. The number of hydrogen-bond donors (Lipinski definition) is 1. The van der Waals surface area contributed by atoms with E-state index in [0.717, 1.165) is 16.9 Å². The number of carbonyl (C=O) groups is 1. The molecule has 2 rings (SSSR count). The number of nitrogens with zero attached hydrogens (tertiary/aromatic N) is 1. The van der Waals surface area contributed by atoms with E-state index < -0.39 is 16.1 Å². The second-order valence-electron chi connectivity index (χ2n) is 5.74. The normalized spacial score (nSPS) is 12.4. The summed E-state index contributed by atoms with van der Waals surface area (Å²) in [7, 11) is -3.62. The Balaban J connectivity index is 2.35. The van der Waals surface area contributed by atoms with Crippen LogP contribution < -0.4 is 9.62 Å². The van der Waals surface area contributed by atoms with Gasteiger partial charge in [0.1, 0.15) is 6.04 Å². The molecule has 140 valence electrons. The molecule has 5 nitrogen and oxygen atoms in total. The third-order valence-corrected chi connectivity index (χ3v) is 5.92. The topological polar surface area (TPSA) is 66.5 Å². The Morgan fingerprint density at radius 2 is 1.69 bits per heavy atom. The molecule has 1 N–H and O–H groups in total. The van der Waals surface area contributed by atoms with E-state index in [2.05, 4.69) is 5.32 Å². The van der Waals surface area contributed by atoms with E-state index in [1.54, 1.807) is 43.0 Å². The van der Waals surface area contributed by atoms with Gasteiger partial charge in [0.25, 0.3) is 0 Å². The third-order valence-electron chi connectivity index (χ3n) is 3.79. The van der Waals surface area contributed by atoms with Crippen molar-refractivity contribution in [3.63, 3.8) is 0 Å². The fourth-order valence-electron chi connectivity index (χ4n) is 2.70. The van der Waals surface area contributed by atoms with Crippen LogP contribution in [0.4, 0.5) is 11.4 Å². The number of nitrogens with one attached hydrogen (secondary N) is 1. The fraction of sp³-hybridized carbons (Fsp3) is 0.316. The molecule has 0 heterocycles. The average Bonchev–Trinajstić information content (AvgIpc) is 2.61. The number of amides is 1. The first-order valence-corrected chi connectivity index (χ1v) is 11.3. The van der Waals surface area contributed by atoms with Crippen molar-refractivity contribution in [1.82, 2.24) is 0 Å². The number of thioether (sulfide) groups is 1. The summed E-state index contributed by atoms with van der Waals surface area (Å²) in [6.07, 6.45) is 1.48. The summed E-state index contributed by atoms with van der Waals surface area (Å²) in [5.41, 5.74) is 1.18. The van der Waals surface area contributed by atoms with E-state index in [9.17, 15) is 13.2 Å². The van der Waals surface area contributed by atoms with Gasteiger partial charge in [0, 0.05) is 4.90 Å².